The van der Waals surface area contributed by atoms with Crippen molar-refractivity contribution in [3.63, 3.8) is 0 Å². The summed E-state index contributed by atoms with van der Waals surface area (Å²) in [5.41, 5.74) is 2.14. The van der Waals surface area contributed by atoms with Gasteiger partial charge in [0.1, 0.15) is 17.2 Å². The van der Waals surface area contributed by atoms with Crippen molar-refractivity contribution in [2.24, 2.45) is 0 Å². The quantitative estimate of drug-likeness (QED) is 0.348. The van der Waals surface area contributed by atoms with Crippen LogP contribution in [-0.2, 0) is 0 Å². The second kappa shape index (κ2) is 8.97. The lowest BCUT2D eigenvalue weighted by molar-refractivity contribution is 0.0720. The van der Waals surface area contributed by atoms with Gasteiger partial charge < -0.3 is 14.6 Å². The Morgan fingerprint density at radius 3 is 1.87 bits per heavy atom. The van der Waals surface area contributed by atoms with Crippen molar-refractivity contribution < 1.29 is 24.2 Å². The maximum Gasteiger partial charge on any atom is 0.343 e. The standard InChI is InChI=1S/C26H18O5/c27-21-13-11-20(12-14-21)26(29)31-24-16-15-22(17-23(24)18-7-3-1-4-8-18)30-25(28)19-9-5-2-6-10-19/h1-17,27H. The van der Waals surface area contributed by atoms with Crippen LogP contribution in [-0.4, -0.2) is 17.0 Å². The molecule has 0 amide bonds. The number of hydrogen-bond acceptors (Lipinski definition) is 5. The molecule has 152 valence electrons. The maximum absolute atomic E-state index is 12.6. The number of benzene rings is 4. The van der Waals surface area contributed by atoms with Crippen molar-refractivity contribution in [2.75, 3.05) is 0 Å². The first kappa shape index (κ1) is 19.9. The van der Waals surface area contributed by atoms with Gasteiger partial charge in [-0.15, -0.1) is 0 Å². The van der Waals surface area contributed by atoms with Crippen molar-refractivity contribution in [3.8, 4) is 28.4 Å². The Morgan fingerprint density at radius 1 is 0.613 bits per heavy atom. The highest BCUT2D eigenvalue weighted by molar-refractivity contribution is 5.93. The average Bonchev–Trinajstić information content (AvgIpc) is 2.81. The van der Waals surface area contributed by atoms with Gasteiger partial charge in [0.05, 0.1) is 11.1 Å². The van der Waals surface area contributed by atoms with Crippen LogP contribution >= 0.6 is 0 Å². The fraction of sp³-hybridized carbons (Fsp3) is 0. The van der Waals surface area contributed by atoms with Crippen molar-refractivity contribution in [2.45, 2.75) is 0 Å². The number of carbonyl (C=O) groups is 2. The molecule has 0 aromatic heterocycles. The lowest BCUT2D eigenvalue weighted by atomic mass is 10.0. The van der Waals surface area contributed by atoms with Gasteiger partial charge in [-0.25, -0.2) is 9.59 Å². The highest BCUT2D eigenvalue weighted by Crippen LogP contribution is 2.34. The predicted octanol–water partition coefficient (Wildman–Crippen LogP) is 5.50. The van der Waals surface area contributed by atoms with Crippen LogP contribution in [0, 0.1) is 0 Å². The molecule has 0 spiro atoms. The molecule has 5 nitrogen and oxygen atoms in total. The van der Waals surface area contributed by atoms with Crippen LogP contribution in [0.25, 0.3) is 11.1 Å². The molecule has 0 atom stereocenters. The van der Waals surface area contributed by atoms with E-state index < -0.39 is 11.9 Å². The second-order valence-corrected chi connectivity index (χ2v) is 6.72. The SMILES string of the molecule is O=C(Oc1ccc(OC(=O)c2ccc(O)cc2)c(-c2ccccc2)c1)c1ccccc1. The molecule has 0 saturated heterocycles. The summed E-state index contributed by atoms with van der Waals surface area (Å²) >= 11 is 0. The molecule has 0 aliphatic rings. The van der Waals surface area contributed by atoms with Gasteiger partial charge in [0.15, 0.2) is 0 Å². The number of aromatic hydroxyl groups is 1. The largest absolute Gasteiger partial charge is 0.508 e. The molecular weight excluding hydrogens is 392 g/mol. The third kappa shape index (κ3) is 4.79. The van der Waals surface area contributed by atoms with Crippen LogP contribution in [0.3, 0.4) is 0 Å². The molecule has 0 unspecified atom stereocenters. The van der Waals surface area contributed by atoms with Gasteiger partial charge in [0, 0.05) is 5.56 Å². The Kier molecular flexibility index (Phi) is 5.76. The zero-order valence-corrected chi connectivity index (χ0v) is 16.4. The first-order chi connectivity index (χ1) is 15.1. The molecular formula is C26H18O5. The van der Waals surface area contributed by atoms with Gasteiger partial charge in [-0.1, -0.05) is 48.5 Å². The van der Waals surface area contributed by atoms with Gasteiger partial charge >= 0.3 is 11.9 Å². The van der Waals surface area contributed by atoms with Gasteiger partial charge in [-0.2, -0.15) is 0 Å². The van der Waals surface area contributed by atoms with Crippen LogP contribution in [0.2, 0.25) is 0 Å². The highest BCUT2D eigenvalue weighted by atomic mass is 16.5. The fourth-order valence-electron chi connectivity index (χ4n) is 3.00. The number of ether oxygens (including phenoxy) is 2. The topological polar surface area (TPSA) is 72.8 Å². The Bertz CT molecular complexity index is 1200. The third-order valence-corrected chi connectivity index (χ3v) is 4.56. The Balaban J connectivity index is 1.64. The molecule has 0 bridgehead atoms. The molecule has 1 N–H and O–H groups in total. The van der Waals surface area contributed by atoms with Crippen LogP contribution < -0.4 is 9.47 Å². The zero-order chi connectivity index (χ0) is 21.6. The Hall–Kier alpha value is -4.38. The summed E-state index contributed by atoms with van der Waals surface area (Å²) in [5.74, 6) is -0.327. The van der Waals surface area contributed by atoms with Crippen molar-refractivity contribution >= 4 is 11.9 Å². The van der Waals surface area contributed by atoms with E-state index in [-0.39, 0.29) is 5.75 Å². The van der Waals surface area contributed by atoms with E-state index >= 15 is 0 Å². The van der Waals surface area contributed by atoms with Gasteiger partial charge in [0.25, 0.3) is 0 Å². The summed E-state index contributed by atoms with van der Waals surface area (Å²) in [6.07, 6.45) is 0. The molecule has 4 rings (SSSR count). The monoisotopic (exact) mass is 410 g/mol. The van der Waals surface area contributed by atoms with E-state index in [4.69, 9.17) is 9.47 Å². The summed E-state index contributed by atoms with van der Waals surface area (Å²) in [6, 6.07) is 28.7. The number of rotatable bonds is 5. The molecule has 5 heteroatoms. The second-order valence-electron chi connectivity index (χ2n) is 6.72. The lowest BCUT2D eigenvalue weighted by Crippen LogP contribution is -2.10. The fourth-order valence-corrected chi connectivity index (χ4v) is 3.00. The summed E-state index contributed by atoms with van der Waals surface area (Å²) in [7, 11) is 0. The molecule has 0 aliphatic heterocycles. The van der Waals surface area contributed by atoms with Crippen LogP contribution in [0.5, 0.6) is 17.2 Å². The Labute approximate surface area is 179 Å². The van der Waals surface area contributed by atoms with Crippen molar-refractivity contribution in [1.29, 1.82) is 0 Å². The first-order valence-electron chi connectivity index (χ1n) is 9.58. The number of hydrogen-bond donors (Lipinski definition) is 1. The van der Waals surface area contributed by atoms with E-state index in [1.165, 1.54) is 24.3 Å². The van der Waals surface area contributed by atoms with E-state index in [1.54, 1.807) is 42.5 Å². The average molecular weight is 410 g/mol. The number of carbonyl (C=O) groups excluding carboxylic acids is 2. The molecule has 4 aromatic carbocycles. The Morgan fingerprint density at radius 2 is 1.19 bits per heavy atom. The molecule has 0 aliphatic carbocycles. The van der Waals surface area contributed by atoms with E-state index in [1.807, 2.05) is 36.4 Å². The van der Waals surface area contributed by atoms with Crippen molar-refractivity contribution in [3.05, 3.63) is 114 Å². The van der Waals surface area contributed by atoms with Gasteiger partial charge in [0.2, 0.25) is 0 Å². The minimum Gasteiger partial charge on any atom is -0.508 e. The summed E-state index contributed by atoms with van der Waals surface area (Å²) < 4.78 is 11.1. The highest BCUT2D eigenvalue weighted by Gasteiger charge is 2.16. The van der Waals surface area contributed by atoms with Crippen LogP contribution in [0.4, 0.5) is 0 Å². The van der Waals surface area contributed by atoms with Gasteiger partial charge in [-0.05, 0) is 60.2 Å². The summed E-state index contributed by atoms with van der Waals surface area (Å²) in [6.45, 7) is 0. The minimum absolute atomic E-state index is 0.0612. The van der Waals surface area contributed by atoms with E-state index in [2.05, 4.69) is 0 Å². The predicted molar refractivity (Wildman–Crippen MR) is 116 cm³/mol. The van der Waals surface area contributed by atoms with E-state index in [0.717, 1.165) is 5.56 Å². The van der Waals surface area contributed by atoms with Crippen LogP contribution in [0.1, 0.15) is 20.7 Å². The molecule has 0 saturated carbocycles. The van der Waals surface area contributed by atoms with E-state index in [0.29, 0.717) is 28.2 Å². The summed E-state index contributed by atoms with van der Waals surface area (Å²) in [4.78, 5) is 25.0. The minimum atomic E-state index is -0.564. The third-order valence-electron chi connectivity index (χ3n) is 4.56. The van der Waals surface area contributed by atoms with E-state index in [9.17, 15) is 14.7 Å². The molecule has 0 fully saturated rings. The zero-order valence-electron chi connectivity index (χ0n) is 16.4. The maximum atomic E-state index is 12.6. The van der Waals surface area contributed by atoms with Crippen LogP contribution in [0.15, 0.2) is 103 Å². The normalized spacial score (nSPS) is 10.3. The molecule has 31 heavy (non-hydrogen) atoms. The molecule has 4 aromatic rings. The number of phenolic OH excluding ortho intramolecular Hbond substituents is 1. The number of esters is 2. The molecule has 0 heterocycles. The summed E-state index contributed by atoms with van der Waals surface area (Å²) in [5, 5.41) is 9.41. The molecule has 0 radical (unpaired) electrons. The van der Waals surface area contributed by atoms with Crippen molar-refractivity contribution in [1.82, 2.24) is 0 Å². The number of phenols is 1. The smallest absolute Gasteiger partial charge is 0.343 e. The van der Waals surface area contributed by atoms with Gasteiger partial charge in [-0.3, -0.25) is 0 Å². The lowest BCUT2D eigenvalue weighted by Gasteiger charge is -2.13. The first-order valence-corrected chi connectivity index (χ1v) is 9.58.